The molecular formula is C34H34N6O8S2. The summed E-state index contributed by atoms with van der Waals surface area (Å²) in [5.41, 5.74) is 4.17. The molecule has 6 rings (SSSR count). The molecule has 14 nitrogen and oxygen atoms in total. The van der Waals surface area contributed by atoms with Gasteiger partial charge in [-0.2, -0.15) is 10.5 Å². The third kappa shape index (κ3) is 8.27. The van der Waals surface area contributed by atoms with Crippen LogP contribution in [0.15, 0.2) is 33.9 Å². The predicted octanol–water partition coefficient (Wildman–Crippen LogP) is 6.83. The van der Waals surface area contributed by atoms with Gasteiger partial charge >= 0.3 is 11.9 Å². The van der Waals surface area contributed by atoms with Crippen molar-refractivity contribution in [3.05, 3.63) is 45.9 Å². The van der Waals surface area contributed by atoms with E-state index in [-0.39, 0.29) is 29.6 Å². The lowest BCUT2D eigenvalue weighted by Crippen LogP contribution is -2.30. The summed E-state index contributed by atoms with van der Waals surface area (Å²) in [5.74, 6) is -3.44. The fourth-order valence-electron chi connectivity index (χ4n) is 6.14. The lowest BCUT2D eigenvalue weighted by atomic mass is 9.81. The molecule has 0 bridgehead atoms. The van der Waals surface area contributed by atoms with Crippen LogP contribution in [0.3, 0.4) is 0 Å². The van der Waals surface area contributed by atoms with Crippen LogP contribution in [0, 0.1) is 60.2 Å². The Morgan fingerprint density at radius 2 is 1.14 bits per heavy atom. The Morgan fingerprint density at radius 3 is 1.56 bits per heavy atom. The SMILES string of the molecule is Cc1cocc1-c1nc(NC(=O)C2CCC(C(=O)O)CC2)sc1C#N.Cc1cocc1-c1nc(NC(=O)C2CCCC(C(=O)O)C2)sc1C#N. The van der Waals surface area contributed by atoms with Gasteiger partial charge in [-0.15, -0.1) is 0 Å². The van der Waals surface area contributed by atoms with Crippen LogP contribution in [0.25, 0.3) is 22.5 Å². The summed E-state index contributed by atoms with van der Waals surface area (Å²) in [6.07, 6.45) is 10.7. The fourth-order valence-corrected chi connectivity index (χ4v) is 7.70. The molecule has 2 aliphatic rings. The minimum atomic E-state index is -0.851. The second-order valence-electron chi connectivity index (χ2n) is 12.3. The fraction of sp³-hybridized carbons (Fsp3) is 0.412. The minimum absolute atomic E-state index is 0.169. The van der Waals surface area contributed by atoms with E-state index in [1.165, 1.54) is 12.5 Å². The lowest BCUT2D eigenvalue weighted by molar-refractivity contribution is -0.144. The number of furan rings is 2. The van der Waals surface area contributed by atoms with Crippen LogP contribution in [0.2, 0.25) is 0 Å². The van der Waals surface area contributed by atoms with Crippen molar-refractivity contribution in [1.29, 1.82) is 10.5 Å². The van der Waals surface area contributed by atoms with E-state index in [0.29, 0.717) is 76.4 Å². The van der Waals surface area contributed by atoms with Crippen LogP contribution in [0.5, 0.6) is 0 Å². The van der Waals surface area contributed by atoms with Crippen LogP contribution in [0.4, 0.5) is 10.3 Å². The number of carboxylic acids is 2. The number of nitrogens with one attached hydrogen (secondary N) is 2. The van der Waals surface area contributed by atoms with Gasteiger partial charge in [0.15, 0.2) is 10.3 Å². The average Bonchev–Trinajstić information content (AvgIpc) is 3.91. The van der Waals surface area contributed by atoms with Gasteiger partial charge in [-0.1, -0.05) is 29.1 Å². The Bertz CT molecular complexity index is 1970. The van der Waals surface area contributed by atoms with Gasteiger partial charge in [0.2, 0.25) is 11.8 Å². The van der Waals surface area contributed by atoms with Gasteiger partial charge in [0.05, 0.1) is 36.9 Å². The number of aryl methyl sites for hydroxylation is 2. The van der Waals surface area contributed by atoms with Crippen molar-refractivity contribution >= 4 is 56.7 Å². The molecule has 0 aliphatic heterocycles. The van der Waals surface area contributed by atoms with Gasteiger partial charge < -0.3 is 29.7 Å². The topological polar surface area (TPSA) is 232 Å². The van der Waals surface area contributed by atoms with Gasteiger partial charge in [-0.25, -0.2) is 9.97 Å². The molecule has 0 radical (unpaired) electrons. The third-order valence-corrected chi connectivity index (χ3v) is 10.7. The van der Waals surface area contributed by atoms with Crippen LogP contribution in [-0.4, -0.2) is 43.9 Å². The summed E-state index contributed by atoms with van der Waals surface area (Å²) in [7, 11) is 0. The number of nitriles is 2. The van der Waals surface area contributed by atoms with Gasteiger partial charge in [-0.05, 0) is 69.9 Å². The number of carbonyl (C=O) groups excluding carboxylic acids is 2. The molecule has 0 saturated heterocycles. The zero-order chi connectivity index (χ0) is 35.9. The highest BCUT2D eigenvalue weighted by atomic mass is 32.1. The number of carbonyl (C=O) groups is 4. The molecule has 4 aromatic heterocycles. The Morgan fingerprint density at radius 1 is 0.700 bits per heavy atom. The summed E-state index contributed by atoms with van der Waals surface area (Å²) in [6.45, 7) is 3.71. The number of hydrogen-bond donors (Lipinski definition) is 4. The van der Waals surface area contributed by atoms with Gasteiger partial charge in [0.1, 0.15) is 33.3 Å². The lowest BCUT2D eigenvalue weighted by Gasteiger charge is -2.25. The number of thiazole rings is 2. The molecular weight excluding hydrogens is 685 g/mol. The monoisotopic (exact) mass is 718 g/mol. The van der Waals surface area contributed by atoms with Crippen LogP contribution < -0.4 is 10.6 Å². The highest BCUT2D eigenvalue weighted by Crippen LogP contribution is 2.36. The molecule has 4 N–H and O–H groups in total. The number of hydrogen-bond acceptors (Lipinski definition) is 12. The molecule has 4 aromatic rings. The number of nitrogens with zero attached hydrogens (tertiary/aromatic N) is 4. The maximum Gasteiger partial charge on any atom is 0.306 e. The van der Waals surface area contributed by atoms with Crippen molar-refractivity contribution in [2.24, 2.45) is 23.7 Å². The molecule has 16 heteroatoms. The Kier molecular flexibility index (Phi) is 11.5. The summed E-state index contributed by atoms with van der Waals surface area (Å²) < 4.78 is 10.3. The van der Waals surface area contributed by atoms with E-state index in [9.17, 15) is 29.7 Å². The maximum atomic E-state index is 12.5. The Labute approximate surface area is 294 Å². The zero-order valence-corrected chi connectivity index (χ0v) is 28.9. The molecule has 0 aromatic carbocycles. The third-order valence-electron chi connectivity index (χ3n) is 8.98. The number of aromatic nitrogens is 2. The quantitative estimate of drug-likeness (QED) is 0.147. The molecule has 4 heterocycles. The van der Waals surface area contributed by atoms with E-state index < -0.39 is 17.9 Å². The number of carboxylic acid groups (broad SMARTS) is 2. The van der Waals surface area contributed by atoms with Crippen LogP contribution in [-0.2, 0) is 19.2 Å². The first kappa shape index (κ1) is 36.0. The molecule has 2 amide bonds. The highest BCUT2D eigenvalue weighted by molar-refractivity contribution is 7.17. The predicted molar refractivity (Wildman–Crippen MR) is 182 cm³/mol. The number of rotatable bonds is 8. The first-order chi connectivity index (χ1) is 24.0. The maximum absolute atomic E-state index is 12.5. The van der Waals surface area contributed by atoms with Crippen molar-refractivity contribution in [2.75, 3.05) is 10.6 Å². The second kappa shape index (κ2) is 15.9. The first-order valence-corrected chi connectivity index (χ1v) is 17.6. The molecule has 2 atom stereocenters. The summed E-state index contributed by atoms with van der Waals surface area (Å²) >= 11 is 2.23. The summed E-state index contributed by atoms with van der Waals surface area (Å²) in [6, 6.07) is 4.19. The normalized spacial score (nSPS) is 20.0. The van der Waals surface area contributed by atoms with E-state index in [1.807, 2.05) is 13.8 Å². The van der Waals surface area contributed by atoms with E-state index in [4.69, 9.17) is 19.0 Å². The Hall–Kier alpha value is -5.32. The van der Waals surface area contributed by atoms with E-state index >= 15 is 0 Å². The number of amides is 2. The van der Waals surface area contributed by atoms with Crippen molar-refractivity contribution < 1.29 is 38.2 Å². The van der Waals surface area contributed by atoms with E-state index in [2.05, 4.69) is 32.7 Å². The smallest absolute Gasteiger partial charge is 0.306 e. The molecule has 50 heavy (non-hydrogen) atoms. The standard InChI is InChI=1S/2C17H17N3O4S/c1-9-7-24-8-12(9)14-13(6-18)25-17(19-14)20-15(21)10-2-4-11(5-3-10)16(22)23;1-9-7-24-8-12(9)14-13(6-18)25-17(19-14)20-15(21)10-3-2-4-11(5-10)16(22)23/h2*7-8,10-11H,2-5H2,1H3,(H,22,23)(H,19,20,21). The van der Waals surface area contributed by atoms with Crippen molar-refractivity contribution in [3.63, 3.8) is 0 Å². The molecule has 2 aliphatic carbocycles. The van der Waals surface area contributed by atoms with Crippen LogP contribution >= 0.6 is 22.7 Å². The second-order valence-corrected chi connectivity index (χ2v) is 14.3. The van der Waals surface area contributed by atoms with Gasteiger partial charge in [-0.3, -0.25) is 19.2 Å². The Balaban J connectivity index is 0.000000194. The average molecular weight is 719 g/mol. The van der Waals surface area contributed by atoms with E-state index in [1.54, 1.807) is 12.5 Å². The van der Waals surface area contributed by atoms with Crippen LogP contribution in [0.1, 0.15) is 72.2 Å². The molecule has 260 valence electrons. The minimum Gasteiger partial charge on any atom is -0.481 e. The molecule has 0 spiro atoms. The van der Waals surface area contributed by atoms with E-state index in [0.717, 1.165) is 51.3 Å². The molecule has 2 saturated carbocycles. The first-order valence-electron chi connectivity index (χ1n) is 15.9. The zero-order valence-electron chi connectivity index (χ0n) is 27.2. The largest absolute Gasteiger partial charge is 0.481 e. The molecule has 2 unspecified atom stereocenters. The van der Waals surface area contributed by atoms with Gasteiger partial charge in [0.25, 0.3) is 0 Å². The summed E-state index contributed by atoms with van der Waals surface area (Å²) in [5, 5.41) is 43.0. The highest BCUT2D eigenvalue weighted by Gasteiger charge is 2.32. The van der Waals surface area contributed by atoms with Gasteiger partial charge in [0, 0.05) is 23.0 Å². The number of aliphatic carboxylic acids is 2. The molecule has 2 fully saturated rings. The number of anilines is 2. The van der Waals surface area contributed by atoms with Crippen molar-refractivity contribution in [3.8, 4) is 34.7 Å². The van der Waals surface area contributed by atoms with Crippen molar-refractivity contribution in [2.45, 2.75) is 65.2 Å². The summed E-state index contributed by atoms with van der Waals surface area (Å²) in [4.78, 5) is 56.5. The van der Waals surface area contributed by atoms with Crippen molar-refractivity contribution in [1.82, 2.24) is 9.97 Å².